The Balaban J connectivity index is 0. The van der Waals surface area contributed by atoms with Gasteiger partial charge in [0.15, 0.2) is 0 Å². The molecule has 0 aromatic carbocycles. The number of hydrogen-bond donors (Lipinski definition) is 1. The van der Waals surface area contributed by atoms with Crippen LogP contribution in [0.4, 0.5) is 0 Å². The first-order chi connectivity index (χ1) is 1.41. The molecule has 0 fully saturated rings. The Morgan fingerprint density at radius 3 is 1.75 bits per heavy atom. The largest absolute Gasteiger partial charge is 1.00 e. The van der Waals surface area contributed by atoms with E-state index in [-0.39, 0.29) is 32.7 Å². The van der Waals surface area contributed by atoms with E-state index in [1.165, 1.54) is 0 Å². The van der Waals surface area contributed by atoms with Gasteiger partial charge in [-0.15, -0.1) is 0 Å². The molecule has 2 nitrogen and oxygen atoms in total. The molecule has 0 radical (unpaired) electrons. The summed E-state index contributed by atoms with van der Waals surface area (Å²) in [5.74, 6) is 0. The van der Waals surface area contributed by atoms with Crippen molar-refractivity contribution in [1.82, 2.24) is 0 Å². The van der Waals surface area contributed by atoms with E-state index in [2.05, 4.69) is 0 Å². The third-order valence-electron chi connectivity index (χ3n) is 0. The molecule has 0 atom stereocenters. The Kier molecular flexibility index (Phi) is 21.1. The Labute approximate surface area is 49.1 Å². The van der Waals surface area contributed by atoms with Gasteiger partial charge in [-0.25, -0.2) is 0 Å². The van der Waals surface area contributed by atoms with Crippen LogP contribution in [-0.2, 0) is 37.5 Å². The van der Waals surface area contributed by atoms with Crippen LogP contribution in [0.3, 0.4) is 0 Å². The van der Waals surface area contributed by atoms with Crippen molar-refractivity contribution in [3.05, 3.63) is 0 Å². The van der Waals surface area contributed by atoms with Crippen LogP contribution in [0.5, 0.6) is 0 Å². The second-order valence-corrected chi connectivity index (χ2v) is 0.0913. The van der Waals surface area contributed by atoms with E-state index >= 15 is 0 Å². The molecule has 0 unspecified atom stereocenters. The van der Waals surface area contributed by atoms with E-state index in [0.29, 0.717) is 6.47 Å². The summed E-state index contributed by atoms with van der Waals surface area (Å²) < 4.78 is 0. The maximum atomic E-state index is 8.24. The van der Waals surface area contributed by atoms with Crippen molar-refractivity contribution in [1.29, 1.82) is 0 Å². The molecular weight excluding hydrogens is 133 g/mol. The summed E-state index contributed by atoms with van der Waals surface area (Å²) in [7, 11) is 0. The third kappa shape index (κ3) is 19.4. The van der Waals surface area contributed by atoms with Crippen molar-refractivity contribution in [3.8, 4) is 0 Å². The first-order valence-corrected chi connectivity index (χ1v) is 0.428. The summed E-state index contributed by atoms with van der Waals surface area (Å²) in [5.41, 5.74) is 0. The van der Waals surface area contributed by atoms with Crippen molar-refractivity contribution < 1.29 is 42.6 Å². The van der Waals surface area contributed by atoms with Crippen LogP contribution in [-0.4, -0.2) is 11.6 Å². The molecule has 1 N–H and O–H groups in total. The van der Waals surface area contributed by atoms with Gasteiger partial charge in [-0.3, -0.25) is 0 Å². The van der Waals surface area contributed by atoms with Crippen LogP contribution in [0.2, 0.25) is 0 Å². The van der Waals surface area contributed by atoms with Gasteiger partial charge in [0.1, 0.15) is 0 Å². The minimum atomic E-state index is 0. The van der Waals surface area contributed by atoms with Gasteiger partial charge >= 0.3 is 32.7 Å². The molecule has 0 heterocycles. The van der Waals surface area contributed by atoms with Crippen molar-refractivity contribution in [3.63, 3.8) is 0 Å². The molecule has 0 bridgehead atoms. The summed E-state index contributed by atoms with van der Waals surface area (Å²) >= 11 is 0. The van der Waals surface area contributed by atoms with Gasteiger partial charge in [0.05, 0.1) is 0 Å². The Bertz CT molecular complexity index is 13.5. The van der Waals surface area contributed by atoms with Crippen LogP contribution in [0.1, 0.15) is 0 Å². The van der Waals surface area contributed by atoms with Gasteiger partial charge in [-0.1, -0.05) is 6.47 Å². The molecule has 0 saturated carbocycles. The molecular formula is CHO2Y. The second kappa shape index (κ2) is 9.56. The van der Waals surface area contributed by atoms with Gasteiger partial charge in [0.2, 0.25) is 0 Å². The monoisotopic (exact) mass is 134 g/mol. The summed E-state index contributed by atoms with van der Waals surface area (Å²) in [6.07, 6.45) is 0. The molecule has 0 rings (SSSR count). The van der Waals surface area contributed by atoms with E-state index in [0.717, 1.165) is 0 Å². The fourth-order valence-electron chi connectivity index (χ4n) is 0. The smallest absolute Gasteiger partial charge is 0.665 e. The minimum absolute atomic E-state index is 0. The molecule has 0 amide bonds. The summed E-state index contributed by atoms with van der Waals surface area (Å²) in [5, 5.41) is 6.76. The van der Waals surface area contributed by atoms with Crippen LogP contribution in [0.25, 0.3) is 0 Å². The average Bonchev–Trinajstić information content (AvgIpc) is 0.918. The minimum Gasteiger partial charge on any atom is -0.665 e. The standard InChI is InChI=1S/CHO2.Y/c2-1-3;/h(H,2,3);/q-1;+1. The molecule has 3 heteroatoms. The van der Waals surface area contributed by atoms with Gasteiger partial charge in [0, 0.05) is 0 Å². The maximum Gasteiger partial charge on any atom is 1.00 e. The predicted molar refractivity (Wildman–Crippen MR) is 8.32 cm³/mol. The van der Waals surface area contributed by atoms with Crippen LogP contribution < -0.4 is 0 Å². The number of rotatable bonds is 0. The van der Waals surface area contributed by atoms with E-state index in [1.54, 1.807) is 0 Å². The predicted octanol–water partition coefficient (Wildman–Crippen LogP) is -0.391. The second-order valence-electron chi connectivity index (χ2n) is 0.0913. The van der Waals surface area contributed by atoms with Gasteiger partial charge in [0.25, 0.3) is 0 Å². The van der Waals surface area contributed by atoms with Crippen LogP contribution >= 0.6 is 0 Å². The van der Waals surface area contributed by atoms with Crippen molar-refractivity contribution >= 4 is 6.47 Å². The Morgan fingerprint density at radius 1 is 1.75 bits per heavy atom. The van der Waals surface area contributed by atoms with Crippen molar-refractivity contribution in [2.24, 2.45) is 0 Å². The van der Waals surface area contributed by atoms with E-state index < -0.39 is 0 Å². The zero-order chi connectivity index (χ0) is 2.71. The van der Waals surface area contributed by atoms with Crippen LogP contribution in [0, 0.1) is 0 Å². The van der Waals surface area contributed by atoms with E-state index in [9.17, 15) is 0 Å². The molecule has 0 aliphatic carbocycles. The third-order valence-corrected chi connectivity index (χ3v) is 0. The van der Waals surface area contributed by atoms with Crippen molar-refractivity contribution in [2.75, 3.05) is 0 Å². The zero-order valence-corrected chi connectivity index (χ0v) is 4.77. The quantitative estimate of drug-likeness (QED) is 0.458. The maximum absolute atomic E-state index is 8.24. The summed E-state index contributed by atoms with van der Waals surface area (Å²) in [4.78, 5) is 8.24. The first-order valence-electron chi connectivity index (χ1n) is 0.428. The van der Waals surface area contributed by atoms with Gasteiger partial charge in [-0.05, 0) is 0 Å². The molecule has 0 spiro atoms. The molecule has 0 aromatic rings. The summed E-state index contributed by atoms with van der Waals surface area (Å²) in [6, 6.07) is 0. The average molecular weight is 134 g/mol. The normalized spacial score (nSPS) is 3.00. The molecule has 4 heavy (non-hydrogen) atoms. The Morgan fingerprint density at radius 2 is 1.75 bits per heavy atom. The van der Waals surface area contributed by atoms with Crippen LogP contribution in [0.15, 0.2) is 0 Å². The molecule has 0 saturated heterocycles. The topological polar surface area (TPSA) is 37.3 Å². The van der Waals surface area contributed by atoms with Gasteiger partial charge < -0.3 is 9.90 Å². The molecule has 0 aliphatic rings. The van der Waals surface area contributed by atoms with E-state index in [4.69, 9.17) is 9.90 Å². The summed E-state index contributed by atoms with van der Waals surface area (Å²) in [6.45, 7) is 0.500. The number of aliphatic hydroxyl groups excluding tert-OH is 1. The molecule has 0 aliphatic heterocycles. The molecule has 0 aromatic heterocycles. The van der Waals surface area contributed by atoms with E-state index in [1.807, 2.05) is 0 Å². The van der Waals surface area contributed by atoms with Crippen molar-refractivity contribution in [2.45, 2.75) is 0 Å². The fraction of sp³-hybridized carbons (Fsp3) is 0. The Hall–Kier alpha value is 0.574. The number of hydrogen-bond acceptors (Lipinski definition) is 1. The molecule has 20 valence electrons. The first kappa shape index (κ1) is 8.82. The van der Waals surface area contributed by atoms with Gasteiger partial charge in [-0.2, -0.15) is 0 Å². The SMILES string of the molecule is O=[C-]O.[Y+]. The zero-order valence-electron chi connectivity index (χ0n) is 1.93. The fourth-order valence-corrected chi connectivity index (χ4v) is 0.